The maximum atomic E-state index is 12.2. The van der Waals surface area contributed by atoms with Crippen LogP contribution in [0.4, 0.5) is 0 Å². The molecule has 0 amide bonds. The largest absolute Gasteiger partial charge is 0.441 e. The van der Waals surface area contributed by atoms with Gasteiger partial charge >= 0.3 is 0 Å². The predicted octanol–water partition coefficient (Wildman–Crippen LogP) is 3.22. The van der Waals surface area contributed by atoms with E-state index < -0.39 is 0 Å². The summed E-state index contributed by atoms with van der Waals surface area (Å²) < 4.78 is 12.5. The van der Waals surface area contributed by atoms with E-state index in [1.165, 1.54) is 6.07 Å². The van der Waals surface area contributed by atoms with Crippen LogP contribution < -0.4 is 5.56 Å². The molecule has 0 fully saturated rings. The van der Waals surface area contributed by atoms with Crippen LogP contribution in [0.15, 0.2) is 62.4 Å². The predicted molar refractivity (Wildman–Crippen MR) is 94.5 cm³/mol. The summed E-state index contributed by atoms with van der Waals surface area (Å²) in [6.07, 6.45) is 1.69. The summed E-state index contributed by atoms with van der Waals surface area (Å²) >= 11 is 0. The number of rotatable bonds is 4. The number of nitrogens with zero attached hydrogens (tertiary/aromatic N) is 4. The number of benzene rings is 1. The molecule has 0 saturated carbocycles. The molecule has 0 unspecified atom stereocenters. The summed E-state index contributed by atoms with van der Waals surface area (Å²) in [5.41, 5.74) is 2.12. The average molecular weight is 348 g/mol. The fourth-order valence-corrected chi connectivity index (χ4v) is 2.64. The first-order valence-corrected chi connectivity index (χ1v) is 8.13. The van der Waals surface area contributed by atoms with Gasteiger partial charge in [-0.15, -0.1) is 0 Å². The molecular formula is C19H16N4O3. The summed E-state index contributed by atoms with van der Waals surface area (Å²) in [7, 11) is 0. The molecule has 1 aromatic carbocycles. The van der Waals surface area contributed by atoms with Crippen molar-refractivity contribution in [2.24, 2.45) is 0 Å². The minimum Gasteiger partial charge on any atom is -0.441 e. The number of hydrogen-bond acceptors (Lipinski definition) is 6. The van der Waals surface area contributed by atoms with Gasteiger partial charge in [-0.25, -0.2) is 4.98 Å². The Morgan fingerprint density at radius 1 is 0.962 bits per heavy atom. The highest BCUT2D eigenvalue weighted by molar-refractivity contribution is 5.53. The van der Waals surface area contributed by atoms with Crippen LogP contribution in [0.2, 0.25) is 0 Å². The quantitative estimate of drug-likeness (QED) is 0.563. The Balaban J connectivity index is 1.67. The molecule has 7 heteroatoms. The van der Waals surface area contributed by atoms with Gasteiger partial charge in [0.25, 0.3) is 11.4 Å². The Labute approximate surface area is 148 Å². The second-order valence-electron chi connectivity index (χ2n) is 5.92. The molecule has 0 aliphatic heterocycles. The summed E-state index contributed by atoms with van der Waals surface area (Å²) in [6, 6.07) is 12.8. The molecule has 0 aliphatic rings. The van der Waals surface area contributed by atoms with E-state index in [-0.39, 0.29) is 5.56 Å². The normalized spacial score (nSPS) is 11.0. The fraction of sp³-hybridized carbons (Fsp3) is 0.158. The van der Waals surface area contributed by atoms with Gasteiger partial charge in [-0.3, -0.25) is 4.79 Å². The number of pyridine rings is 1. The Morgan fingerprint density at radius 3 is 2.50 bits per heavy atom. The van der Waals surface area contributed by atoms with Crippen LogP contribution in [0.3, 0.4) is 0 Å². The average Bonchev–Trinajstić information content (AvgIpc) is 3.24. The van der Waals surface area contributed by atoms with Crippen molar-refractivity contribution in [2.45, 2.75) is 20.4 Å². The second kappa shape index (κ2) is 6.44. The highest BCUT2D eigenvalue weighted by atomic mass is 16.5. The molecular weight excluding hydrogens is 332 g/mol. The van der Waals surface area contributed by atoms with E-state index in [1.807, 2.05) is 37.3 Å². The van der Waals surface area contributed by atoms with Crippen LogP contribution in [0.25, 0.3) is 22.9 Å². The molecule has 0 atom stereocenters. The topological polar surface area (TPSA) is 87.0 Å². The minimum absolute atomic E-state index is 0.145. The van der Waals surface area contributed by atoms with Crippen molar-refractivity contribution in [1.29, 1.82) is 0 Å². The van der Waals surface area contributed by atoms with Crippen LogP contribution in [-0.2, 0) is 6.54 Å². The summed E-state index contributed by atoms with van der Waals surface area (Å²) in [5.74, 6) is 2.13. The molecule has 3 aromatic heterocycles. The van der Waals surface area contributed by atoms with Gasteiger partial charge < -0.3 is 13.5 Å². The van der Waals surface area contributed by atoms with E-state index in [4.69, 9.17) is 8.94 Å². The molecule has 130 valence electrons. The van der Waals surface area contributed by atoms with Gasteiger partial charge in [-0.1, -0.05) is 23.4 Å². The van der Waals surface area contributed by atoms with Crippen LogP contribution in [0.1, 0.15) is 17.3 Å². The van der Waals surface area contributed by atoms with E-state index in [1.54, 1.807) is 23.8 Å². The highest BCUT2D eigenvalue weighted by Gasteiger charge is 2.14. The molecule has 0 N–H and O–H groups in total. The van der Waals surface area contributed by atoms with Gasteiger partial charge in [0.05, 0.1) is 12.1 Å². The molecule has 4 rings (SSSR count). The molecule has 0 saturated heterocycles. The smallest absolute Gasteiger partial charge is 0.259 e. The third kappa shape index (κ3) is 3.06. The van der Waals surface area contributed by atoms with Crippen molar-refractivity contribution >= 4 is 0 Å². The lowest BCUT2D eigenvalue weighted by atomic mass is 10.2. The van der Waals surface area contributed by atoms with E-state index in [0.717, 1.165) is 5.56 Å². The molecule has 4 aromatic rings. The summed E-state index contributed by atoms with van der Waals surface area (Å²) in [6.45, 7) is 3.87. The monoisotopic (exact) mass is 348 g/mol. The van der Waals surface area contributed by atoms with Crippen LogP contribution >= 0.6 is 0 Å². The first kappa shape index (κ1) is 16.0. The first-order chi connectivity index (χ1) is 12.6. The zero-order valence-electron chi connectivity index (χ0n) is 14.3. The number of oxazole rings is 1. The Morgan fingerprint density at radius 2 is 1.77 bits per heavy atom. The third-order valence-corrected chi connectivity index (χ3v) is 3.99. The Hall–Kier alpha value is -3.48. The Bertz CT molecular complexity index is 1110. The van der Waals surface area contributed by atoms with Crippen LogP contribution in [-0.4, -0.2) is 19.7 Å². The lowest BCUT2D eigenvalue weighted by Crippen LogP contribution is -2.19. The van der Waals surface area contributed by atoms with Gasteiger partial charge in [-0.05, 0) is 32.0 Å². The number of aromatic nitrogens is 4. The van der Waals surface area contributed by atoms with Gasteiger partial charge in [0.2, 0.25) is 5.89 Å². The number of hydrogen-bond donors (Lipinski definition) is 0. The highest BCUT2D eigenvalue weighted by Crippen LogP contribution is 2.22. The summed E-state index contributed by atoms with van der Waals surface area (Å²) in [4.78, 5) is 21.0. The van der Waals surface area contributed by atoms with Crippen molar-refractivity contribution in [3.63, 3.8) is 0 Å². The van der Waals surface area contributed by atoms with E-state index >= 15 is 0 Å². The third-order valence-electron chi connectivity index (χ3n) is 3.99. The first-order valence-electron chi connectivity index (χ1n) is 8.13. The second-order valence-corrected chi connectivity index (χ2v) is 5.92. The molecule has 0 radical (unpaired) electrons. The van der Waals surface area contributed by atoms with Crippen molar-refractivity contribution < 1.29 is 8.94 Å². The SMILES string of the molecule is Cc1noc(-c2ccc(=O)n(Cc3nc(-c4ccccc4)oc3C)c2)n1. The zero-order chi connectivity index (χ0) is 18.1. The molecule has 0 aliphatic carbocycles. The van der Waals surface area contributed by atoms with Crippen molar-refractivity contribution in [3.8, 4) is 22.9 Å². The Kier molecular flexibility index (Phi) is 3.96. The molecule has 3 heterocycles. The van der Waals surface area contributed by atoms with Gasteiger partial charge in [0.1, 0.15) is 11.5 Å². The van der Waals surface area contributed by atoms with Crippen LogP contribution in [0.5, 0.6) is 0 Å². The van der Waals surface area contributed by atoms with Crippen molar-refractivity contribution in [3.05, 3.63) is 76.3 Å². The van der Waals surface area contributed by atoms with Crippen molar-refractivity contribution in [2.75, 3.05) is 0 Å². The maximum Gasteiger partial charge on any atom is 0.259 e. The number of aryl methyl sites for hydroxylation is 2. The molecule has 26 heavy (non-hydrogen) atoms. The van der Waals surface area contributed by atoms with Gasteiger partial charge in [-0.2, -0.15) is 4.98 Å². The summed E-state index contributed by atoms with van der Waals surface area (Å²) in [5, 5.41) is 3.78. The molecule has 7 nitrogen and oxygen atoms in total. The molecule has 0 bridgehead atoms. The van der Waals surface area contributed by atoms with E-state index in [9.17, 15) is 4.79 Å². The lowest BCUT2D eigenvalue weighted by Gasteiger charge is -2.04. The van der Waals surface area contributed by atoms with Gasteiger partial charge in [0.15, 0.2) is 5.82 Å². The van der Waals surface area contributed by atoms with Gasteiger partial charge in [0, 0.05) is 17.8 Å². The van der Waals surface area contributed by atoms with E-state index in [2.05, 4.69) is 15.1 Å². The fourth-order valence-electron chi connectivity index (χ4n) is 2.64. The standard InChI is InChI=1S/C19H16N4O3/c1-12-16(21-18(25-12)14-6-4-3-5-7-14)11-23-10-15(8-9-17(23)24)19-20-13(2)22-26-19/h3-10H,11H2,1-2H3. The lowest BCUT2D eigenvalue weighted by molar-refractivity contribution is 0.425. The van der Waals surface area contributed by atoms with Crippen LogP contribution in [0, 0.1) is 13.8 Å². The zero-order valence-corrected chi connectivity index (χ0v) is 14.3. The molecule has 0 spiro atoms. The minimum atomic E-state index is -0.145. The maximum absolute atomic E-state index is 12.2. The van der Waals surface area contributed by atoms with E-state index in [0.29, 0.717) is 41.2 Å². The van der Waals surface area contributed by atoms with Crippen molar-refractivity contribution in [1.82, 2.24) is 19.7 Å².